The summed E-state index contributed by atoms with van der Waals surface area (Å²) in [6.45, 7) is 13.8. The predicted molar refractivity (Wildman–Crippen MR) is 124 cm³/mol. The lowest BCUT2D eigenvalue weighted by Crippen LogP contribution is -2.53. The van der Waals surface area contributed by atoms with Gasteiger partial charge in [-0.05, 0) is 31.6 Å². The lowest BCUT2D eigenvalue weighted by atomic mass is 10.1. The molecule has 0 amide bonds. The number of anilines is 1. The summed E-state index contributed by atoms with van der Waals surface area (Å²) in [6.07, 6.45) is 3.61. The van der Waals surface area contributed by atoms with Crippen LogP contribution in [0.2, 0.25) is 0 Å². The van der Waals surface area contributed by atoms with E-state index in [2.05, 4.69) is 81.1 Å². The van der Waals surface area contributed by atoms with E-state index in [-0.39, 0.29) is 6.04 Å². The van der Waals surface area contributed by atoms with Gasteiger partial charge in [0.1, 0.15) is 0 Å². The molecule has 1 saturated heterocycles. The van der Waals surface area contributed by atoms with Crippen LogP contribution in [0, 0.1) is 0 Å². The highest BCUT2D eigenvalue weighted by atomic mass is 15.4. The summed E-state index contributed by atoms with van der Waals surface area (Å²) in [5.74, 6) is 1.81. The number of rotatable bonds is 8. The Hall–Kier alpha value is -2.67. The SMILES string of the molecule is CCNC(=NCC(c1ccccc1)N(CC)CC)N1CCN(c2ncccn2)CC1. The van der Waals surface area contributed by atoms with E-state index in [0.29, 0.717) is 0 Å². The molecule has 30 heavy (non-hydrogen) atoms. The number of nitrogens with zero attached hydrogens (tertiary/aromatic N) is 6. The Balaban J connectivity index is 1.70. The van der Waals surface area contributed by atoms with E-state index >= 15 is 0 Å². The molecule has 1 aliphatic heterocycles. The molecule has 3 rings (SSSR count). The van der Waals surface area contributed by atoms with Gasteiger partial charge in [-0.3, -0.25) is 9.89 Å². The van der Waals surface area contributed by atoms with Crippen molar-refractivity contribution < 1.29 is 0 Å². The van der Waals surface area contributed by atoms with Crippen LogP contribution >= 0.6 is 0 Å². The van der Waals surface area contributed by atoms with Crippen molar-refractivity contribution in [3.8, 4) is 0 Å². The van der Waals surface area contributed by atoms with E-state index in [9.17, 15) is 0 Å². The van der Waals surface area contributed by atoms with E-state index < -0.39 is 0 Å². The number of guanidine groups is 1. The molecule has 1 aromatic heterocycles. The van der Waals surface area contributed by atoms with Crippen molar-refractivity contribution in [3.05, 3.63) is 54.4 Å². The summed E-state index contributed by atoms with van der Waals surface area (Å²) in [5, 5.41) is 3.50. The monoisotopic (exact) mass is 409 g/mol. The van der Waals surface area contributed by atoms with E-state index in [0.717, 1.165) is 64.3 Å². The van der Waals surface area contributed by atoms with Crippen LogP contribution in [0.4, 0.5) is 5.95 Å². The number of hydrogen-bond donors (Lipinski definition) is 1. The number of aromatic nitrogens is 2. The molecule has 7 heteroatoms. The largest absolute Gasteiger partial charge is 0.357 e. The Morgan fingerprint density at radius 3 is 2.27 bits per heavy atom. The molecule has 7 nitrogen and oxygen atoms in total. The Morgan fingerprint density at radius 1 is 1.00 bits per heavy atom. The van der Waals surface area contributed by atoms with Gasteiger partial charge >= 0.3 is 0 Å². The fourth-order valence-corrected chi connectivity index (χ4v) is 3.94. The van der Waals surface area contributed by atoms with Gasteiger partial charge in [0.15, 0.2) is 5.96 Å². The van der Waals surface area contributed by atoms with Crippen LogP contribution < -0.4 is 10.2 Å². The molecule has 1 atom stereocenters. The molecule has 0 bridgehead atoms. The number of likely N-dealkylation sites (N-methyl/N-ethyl adjacent to an activating group) is 1. The van der Waals surface area contributed by atoms with Gasteiger partial charge in [0.25, 0.3) is 0 Å². The van der Waals surface area contributed by atoms with Crippen molar-refractivity contribution in [2.24, 2.45) is 4.99 Å². The Labute approximate surface area is 180 Å². The number of benzene rings is 1. The highest BCUT2D eigenvalue weighted by Gasteiger charge is 2.22. The predicted octanol–water partition coefficient (Wildman–Crippen LogP) is 2.65. The Morgan fingerprint density at radius 2 is 1.67 bits per heavy atom. The van der Waals surface area contributed by atoms with Gasteiger partial charge in [-0.15, -0.1) is 0 Å². The minimum atomic E-state index is 0.286. The zero-order valence-corrected chi connectivity index (χ0v) is 18.5. The van der Waals surface area contributed by atoms with Crippen LogP contribution in [-0.2, 0) is 0 Å². The van der Waals surface area contributed by atoms with Crippen LogP contribution in [0.15, 0.2) is 53.8 Å². The number of aliphatic imine (C=N–C) groups is 1. The van der Waals surface area contributed by atoms with Gasteiger partial charge in [0, 0.05) is 45.1 Å². The van der Waals surface area contributed by atoms with E-state index in [4.69, 9.17) is 4.99 Å². The maximum atomic E-state index is 5.07. The number of piperazine rings is 1. The van der Waals surface area contributed by atoms with Crippen molar-refractivity contribution in [1.82, 2.24) is 25.1 Å². The fraction of sp³-hybridized carbons (Fsp3) is 0.522. The van der Waals surface area contributed by atoms with Gasteiger partial charge in [0.05, 0.1) is 12.6 Å². The second-order valence-electron chi connectivity index (χ2n) is 7.37. The van der Waals surface area contributed by atoms with Gasteiger partial charge in [-0.1, -0.05) is 44.2 Å². The molecule has 162 valence electrons. The van der Waals surface area contributed by atoms with Crippen LogP contribution in [-0.4, -0.2) is 78.1 Å². The highest BCUT2D eigenvalue weighted by molar-refractivity contribution is 5.80. The third kappa shape index (κ3) is 5.69. The molecule has 1 aliphatic rings. The van der Waals surface area contributed by atoms with Crippen molar-refractivity contribution in [1.29, 1.82) is 0 Å². The summed E-state index contributed by atoms with van der Waals surface area (Å²) in [5.41, 5.74) is 1.33. The zero-order chi connectivity index (χ0) is 21.2. The Bertz CT molecular complexity index is 754. The third-order valence-electron chi connectivity index (χ3n) is 5.60. The number of hydrogen-bond acceptors (Lipinski definition) is 5. The minimum Gasteiger partial charge on any atom is -0.357 e. The molecule has 0 radical (unpaired) electrons. The van der Waals surface area contributed by atoms with Crippen LogP contribution in [0.25, 0.3) is 0 Å². The molecule has 0 spiro atoms. The first kappa shape index (κ1) is 22.0. The Kier molecular flexibility index (Phi) is 8.44. The van der Waals surface area contributed by atoms with Gasteiger partial charge < -0.3 is 15.1 Å². The first-order valence-corrected chi connectivity index (χ1v) is 11.1. The third-order valence-corrected chi connectivity index (χ3v) is 5.60. The average molecular weight is 410 g/mol. The van der Waals surface area contributed by atoms with Crippen LogP contribution in [0.3, 0.4) is 0 Å². The van der Waals surface area contributed by atoms with Gasteiger partial charge in [0.2, 0.25) is 5.95 Å². The second-order valence-corrected chi connectivity index (χ2v) is 7.37. The van der Waals surface area contributed by atoms with E-state index in [1.165, 1.54) is 5.56 Å². The second kappa shape index (κ2) is 11.5. The summed E-state index contributed by atoms with van der Waals surface area (Å²) < 4.78 is 0. The van der Waals surface area contributed by atoms with Gasteiger partial charge in [-0.2, -0.15) is 0 Å². The average Bonchev–Trinajstić information content (AvgIpc) is 2.82. The first-order valence-electron chi connectivity index (χ1n) is 11.1. The molecule has 2 aromatic rings. The molecule has 1 fully saturated rings. The maximum absolute atomic E-state index is 5.07. The van der Waals surface area contributed by atoms with Crippen molar-refractivity contribution in [2.75, 3.05) is 57.3 Å². The smallest absolute Gasteiger partial charge is 0.225 e. The highest BCUT2D eigenvalue weighted by Crippen LogP contribution is 2.21. The lowest BCUT2D eigenvalue weighted by molar-refractivity contribution is 0.223. The van der Waals surface area contributed by atoms with Crippen molar-refractivity contribution >= 4 is 11.9 Å². The van der Waals surface area contributed by atoms with Crippen LogP contribution in [0.5, 0.6) is 0 Å². The molecule has 1 unspecified atom stereocenters. The lowest BCUT2D eigenvalue weighted by Gasteiger charge is -2.37. The van der Waals surface area contributed by atoms with E-state index in [1.54, 1.807) is 12.4 Å². The number of nitrogens with one attached hydrogen (secondary N) is 1. The zero-order valence-electron chi connectivity index (χ0n) is 18.5. The maximum Gasteiger partial charge on any atom is 0.225 e. The molecule has 0 aliphatic carbocycles. The van der Waals surface area contributed by atoms with Crippen molar-refractivity contribution in [3.63, 3.8) is 0 Å². The molecule has 2 heterocycles. The first-order chi connectivity index (χ1) is 14.8. The molecule has 1 aromatic carbocycles. The standard InChI is InChI=1S/C23H35N7/c1-4-24-22(29-15-17-30(18-16-29)23-25-13-10-14-26-23)27-19-21(28(5-2)6-3)20-11-8-7-9-12-20/h7-14,21H,4-6,15-19H2,1-3H3,(H,24,27). The fourth-order valence-electron chi connectivity index (χ4n) is 3.94. The van der Waals surface area contributed by atoms with E-state index in [1.807, 2.05) is 6.07 Å². The summed E-state index contributed by atoms with van der Waals surface area (Å²) in [6, 6.07) is 12.9. The molecule has 1 N–H and O–H groups in total. The summed E-state index contributed by atoms with van der Waals surface area (Å²) in [7, 11) is 0. The summed E-state index contributed by atoms with van der Waals surface area (Å²) in [4.78, 5) is 20.9. The van der Waals surface area contributed by atoms with Gasteiger partial charge in [-0.25, -0.2) is 9.97 Å². The minimum absolute atomic E-state index is 0.286. The topological polar surface area (TPSA) is 59.9 Å². The summed E-state index contributed by atoms with van der Waals surface area (Å²) >= 11 is 0. The van der Waals surface area contributed by atoms with Crippen molar-refractivity contribution in [2.45, 2.75) is 26.8 Å². The molecular weight excluding hydrogens is 374 g/mol. The molecule has 0 saturated carbocycles. The quantitative estimate of drug-likeness (QED) is 0.534. The van der Waals surface area contributed by atoms with Crippen LogP contribution in [0.1, 0.15) is 32.4 Å². The molecular formula is C23H35N7. The normalized spacial score (nSPS) is 16.1.